The molecule has 0 saturated carbocycles. The molecule has 1 fully saturated rings. The number of aliphatic hydroxyl groups excluding tert-OH is 1. The van der Waals surface area contributed by atoms with Crippen molar-refractivity contribution in [3.8, 4) is 0 Å². The number of benzene rings is 2. The average Bonchev–Trinajstić information content (AvgIpc) is 2.81. The van der Waals surface area contributed by atoms with Gasteiger partial charge in [0.15, 0.2) is 9.84 Å². The highest BCUT2D eigenvalue weighted by molar-refractivity contribution is 7.91. The molecule has 0 unspecified atom stereocenters. The van der Waals surface area contributed by atoms with Gasteiger partial charge in [-0.05, 0) is 42.5 Å². The van der Waals surface area contributed by atoms with Gasteiger partial charge >= 0.3 is 6.09 Å². The van der Waals surface area contributed by atoms with Crippen LogP contribution in [-0.2, 0) is 14.6 Å². The van der Waals surface area contributed by atoms with Gasteiger partial charge in [0, 0.05) is 49.2 Å². The predicted molar refractivity (Wildman–Crippen MR) is 123 cm³/mol. The van der Waals surface area contributed by atoms with E-state index in [9.17, 15) is 22.0 Å². The molecule has 2 aromatic carbocycles. The quantitative estimate of drug-likeness (QED) is 0.578. The molecule has 0 radical (unpaired) electrons. The highest BCUT2D eigenvalue weighted by Gasteiger charge is 2.37. The molecule has 0 spiro atoms. The summed E-state index contributed by atoms with van der Waals surface area (Å²) in [6.45, 7) is 3.70. The van der Waals surface area contributed by atoms with Crippen LogP contribution in [0, 0.1) is 17.6 Å². The summed E-state index contributed by atoms with van der Waals surface area (Å²) in [5, 5.41) is 7.86. The van der Waals surface area contributed by atoms with Gasteiger partial charge in [-0.1, -0.05) is 18.5 Å². The lowest BCUT2D eigenvalue weighted by Gasteiger charge is -2.34. The summed E-state index contributed by atoms with van der Waals surface area (Å²) in [7, 11) is -4.20. The summed E-state index contributed by atoms with van der Waals surface area (Å²) in [5.41, 5.74) is -0.337. The molecule has 2 atom stereocenters. The summed E-state index contributed by atoms with van der Waals surface area (Å²) in [6, 6.07) is 8.03. The third kappa shape index (κ3) is 6.24. The lowest BCUT2D eigenvalue weighted by Crippen LogP contribution is -2.49. The van der Waals surface area contributed by atoms with Crippen molar-refractivity contribution in [2.45, 2.75) is 17.1 Å². The molecule has 1 aliphatic rings. The van der Waals surface area contributed by atoms with Gasteiger partial charge in [-0.15, -0.1) is 0 Å². The Hall–Kier alpha value is -2.27. The van der Waals surface area contributed by atoms with Crippen LogP contribution in [-0.4, -0.2) is 75.4 Å². The largest absolute Gasteiger partial charge is 0.449 e. The first kappa shape index (κ1) is 26.3. The van der Waals surface area contributed by atoms with Crippen molar-refractivity contribution >= 4 is 27.5 Å². The van der Waals surface area contributed by atoms with Crippen molar-refractivity contribution in [2.24, 2.45) is 5.92 Å². The minimum atomic E-state index is -4.20. The standard InChI is InChI=1S/C23H27ClF2N2O5S/c1-16(15-33-23(30)28-10-8-27(9-11-28)12-13-29)22(20-14-18(25)4-7-21(20)26)34(31,32)19-5-2-17(24)3-6-19/h2-7,14,16,22,29H,8-13,15H2,1H3/t16-,22+/m1/s1. The van der Waals surface area contributed by atoms with Gasteiger partial charge < -0.3 is 14.7 Å². The fourth-order valence-electron chi connectivity index (χ4n) is 3.96. The van der Waals surface area contributed by atoms with E-state index in [1.165, 1.54) is 36.1 Å². The van der Waals surface area contributed by atoms with Crippen LogP contribution in [0.3, 0.4) is 0 Å². The predicted octanol–water partition coefficient (Wildman–Crippen LogP) is 3.52. The zero-order valence-corrected chi connectivity index (χ0v) is 20.2. The van der Waals surface area contributed by atoms with Crippen molar-refractivity contribution in [1.29, 1.82) is 0 Å². The van der Waals surface area contributed by atoms with Crippen molar-refractivity contribution in [1.82, 2.24) is 9.80 Å². The number of rotatable bonds is 8. The topological polar surface area (TPSA) is 87.2 Å². The molecule has 11 heteroatoms. The Morgan fingerprint density at radius 2 is 1.76 bits per heavy atom. The normalized spacial score (nSPS) is 16.8. The molecule has 0 aromatic heterocycles. The van der Waals surface area contributed by atoms with E-state index in [1.54, 1.807) is 0 Å². The molecule has 0 bridgehead atoms. The summed E-state index contributed by atoms with van der Waals surface area (Å²) in [6.07, 6.45) is -0.613. The average molecular weight is 517 g/mol. The fraction of sp³-hybridized carbons (Fsp3) is 0.435. The number of carbonyl (C=O) groups is 1. The first-order chi connectivity index (χ1) is 16.1. The second kappa shape index (κ2) is 11.4. The SMILES string of the molecule is C[C@H](COC(=O)N1CCN(CCO)CC1)[C@@H](c1cc(F)ccc1F)S(=O)(=O)c1ccc(Cl)cc1. The number of β-amino-alcohol motifs (C(OH)–C–C–N with tert-alkyl or cyclic N) is 1. The molecular weight excluding hydrogens is 490 g/mol. The maximum atomic E-state index is 14.7. The fourth-order valence-corrected chi connectivity index (χ4v) is 6.10. The van der Waals surface area contributed by atoms with Crippen LogP contribution in [0.5, 0.6) is 0 Å². The van der Waals surface area contributed by atoms with Crippen LogP contribution in [0.2, 0.25) is 5.02 Å². The second-order valence-corrected chi connectivity index (χ2v) is 10.7. The van der Waals surface area contributed by atoms with Gasteiger partial charge in [0.1, 0.15) is 11.6 Å². The smallest absolute Gasteiger partial charge is 0.409 e. The maximum absolute atomic E-state index is 14.7. The number of halogens is 3. The molecule has 1 heterocycles. The Morgan fingerprint density at radius 1 is 1.12 bits per heavy atom. The Labute approximate surface area is 202 Å². The van der Waals surface area contributed by atoms with E-state index in [0.717, 1.165) is 18.2 Å². The molecule has 2 aromatic rings. The van der Waals surface area contributed by atoms with Crippen LogP contribution < -0.4 is 0 Å². The second-order valence-electron chi connectivity index (χ2n) is 8.19. The molecule has 7 nitrogen and oxygen atoms in total. The van der Waals surface area contributed by atoms with Gasteiger partial charge in [0.25, 0.3) is 0 Å². The summed E-state index contributed by atoms with van der Waals surface area (Å²) in [5.74, 6) is -2.55. The third-order valence-corrected chi connectivity index (χ3v) is 8.34. The maximum Gasteiger partial charge on any atom is 0.409 e. The van der Waals surface area contributed by atoms with Gasteiger partial charge in [-0.2, -0.15) is 0 Å². The van der Waals surface area contributed by atoms with Crippen molar-refractivity contribution in [3.63, 3.8) is 0 Å². The Balaban J connectivity index is 1.80. The number of carbonyl (C=O) groups excluding carboxylic acids is 1. The zero-order valence-electron chi connectivity index (χ0n) is 18.7. The van der Waals surface area contributed by atoms with E-state index in [0.29, 0.717) is 37.7 Å². The highest BCUT2D eigenvalue weighted by atomic mass is 35.5. The lowest BCUT2D eigenvalue weighted by molar-refractivity contribution is 0.0631. The number of hydrogen-bond acceptors (Lipinski definition) is 6. The lowest BCUT2D eigenvalue weighted by atomic mass is 10.0. The van der Waals surface area contributed by atoms with Crippen LogP contribution in [0.4, 0.5) is 13.6 Å². The summed E-state index contributed by atoms with van der Waals surface area (Å²) in [4.78, 5) is 15.9. The molecule has 3 rings (SSSR count). The van der Waals surface area contributed by atoms with E-state index in [4.69, 9.17) is 21.4 Å². The minimum Gasteiger partial charge on any atom is -0.449 e. The molecule has 1 saturated heterocycles. The van der Waals surface area contributed by atoms with E-state index in [-0.39, 0.29) is 23.7 Å². The number of hydrogen-bond donors (Lipinski definition) is 1. The Morgan fingerprint density at radius 3 is 2.38 bits per heavy atom. The molecule has 34 heavy (non-hydrogen) atoms. The number of aliphatic hydroxyl groups is 1. The van der Waals surface area contributed by atoms with E-state index >= 15 is 0 Å². The number of sulfone groups is 1. The molecule has 1 aliphatic heterocycles. The highest BCUT2D eigenvalue weighted by Crippen LogP contribution is 2.37. The first-order valence-corrected chi connectivity index (χ1v) is 12.7. The Kier molecular flexibility index (Phi) is 8.86. The zero-order chi connectivity index (χ0) is 24.9. The van der Waals surface area contributed by atoms with E-state index < -0.39 is 38.7 Å². The van der Waals surface area contributed by atoms with Crippen LogP contribution in [0.25, 0.3) is 0 Å². The molecule has 1 N–H and O–H groups in total. The van der Waals surface area contributed by atoms with Crippen LogP contribution >= 0.6 is 11.6 Å². The monoisotopic (exact) mass is 516 g/mol. The molecule has 0 aliphatic carbocycles. The van der Waals surface area contributed by atoms with Crippen molar-refractivity contribution < 1.29 is 31.8 Å². The van der Waals surface area contributed by atoms with Gasteiger partial charge in [0.2, 0.25) is 0 Å². The molecular formula is C23H27ClF2N2O5S. The number of amides is 1. The number of ether oxygens (including phenoxy) is 1. The summed E-state index contributed by atoms with van der Waals surface area (Å²) >= 11 is 5.87. The van der Waals surface area contributed by atoms with Crippen LogP contribution in [0.1, 0.15) is 17.7 Å². The molecule has 186 valence electrons. The minimum absolute atomic E-state index is 0.0298. The van der Waals surface area contributed by atoms with Gasteiger partial charge in [-0.3, -0.25) is 4.90 Å². The third-order valence-electron chi connectivity index (χ3n) is 5.77. The van der Waals surface area contributed by atoms with Crippen molar-refractivity contribution in [3.05, 3.63) is 64.7 Å². The number of piperazine rings is 1. The molecule has 1 amide bonds. The van der Waals surface area contributed by atoms with Crippen LogP contribution in [0.15, 0.2) is 47.4 Å². The Bertz CT molecular complexity index is 1090. The van der Waals surface area contributed by atoms with E-state index in [1.807, 2.05) is 4.90 Å². The van der Waals surface area contributed by atoms with Gasteiger partial charge in [-0.25, -0.2) is 22.0 Å². The van der Waals surface area contributed by atoms with Gasteiger partial charge in [0.05, 0.1) is 23.4 Å². The first-order valence-electron chi connectivity index (χ1n) is 10.8. The van der Waals surface area contributed by atoms with E-state index in [2.05, 4.69) is 0 Å². The summed E-state index contributed by atoms with van der Waals surface area (Å²) < 4.78 is 61.0. The van der Waals surface area contributed by atoms with Crippen molar-refractivity contribution in [2.75, 3.05) is 45.9 Å². The number of nitrogens with zero attached hydrogens (tertiary/aromatic N) is 2.